The molecular formula is C30H34ClFN2O3. The lowest BCUT2D eigenvalue weighted by Gasteiger charge is -2.32. The standard InChI is InChI=1S/C30H34ClFN2O3/c1-3-22(2)33-30(36)28(20-23-10-5-4-6-11-23)34(21-24-12-7-8-13-27(24)32)29(35)14-9-19-37-26-17-15-25(31)16-18-26/h4-8,10-13,15-18,22,28H,3,9,14,19-21H2,1-2H3,(H,33,36)/t22-,28+/m1/s1. The Morgan fingerprint density at radius 2 is 1.68 bits per heavy atom. The predicted molar refractivity (Wildman–Crippen MR) is 145 cm³/mol. The van der Waals surface area contributed by atoms with Gasteiger partial charge in [-0.05, 0) is 55.7 Å². The second-order valence-corrected chi connectivity index (χ2v) is 9.48. The van der Waals surface area contributed by atoms with Crippen LogP contribution in [0.15, 0.2) is 78.9 Å². The molecule has 5 nitrogen and oxygen atoms in total. The van der Waals surface area contributed by atoms with Crippen molar-refractivity contribution < 1.29 is 18.7 Å². The normalized spacial score (nSPS) is 12.4. The van der Waals surface area contributed by atoms with Gasteiger partial charge in [0, 0.05) is 36.0 Å². The highest BCUT2D eigenvalue weighted by Crippen LogP contribution is 2.19. The number of nitrogens with zero attached hydrogens (tertiary/aromatic N) is 1. The van der Waals surface area contributed by atoms with E-state index >= 15 is 0 Å². The minimum Gasteiger partial charge on any atom is -0.494 e. The van der Waals surface area contributed by atoms with Gasteiger partial charge in [0.15, 0.2) is 0 Å². The quantitative estimate of drug-likeness (QED) is 0.271. The van der Waals surface area contributed by atoms with Gasteiger partial charge in [-0.2, -0.15) is 0 Å². The molecule has 3 aromatic rings. The zero-order valence-electron chi connectivity index (χ0n) is 21.3. The Hall–Kier alpha value is -3.38. The van der Waals surface area contributed by atoms with Crippen LogP contribution in [0.4, 0.5) is 4.39 Å². The molecule has 1 N–H and O–H groups in total. The van der Waals surface area contributed by atoms with E-state index in [-0.39, 0.29) is 30.8 Å². The Morgan fingerprint density at radius 1 is 1.00 bits per heavy atom. The lowest BCUT2D eigenvalue weighted by molar-refractivity contribution is -0.141. The van der Waals surface area contributed by atoms with Crippen LogP contribution in [0, 0.1) is 5.82 Å². The average Bonchev–Trinajstić information content (AvgIpc) is 2.91. The molecule has 0 spiro atoms. The van der Waals surface area contributed by atoms with Crippen LogP contribution in [-0.2, 0) is 22.6 Å². The maximum absolute atomic E-state index is 14.6. The van der Waals surface area contributed by atoms with Crippen molar-refractivity contribution in [1.82, 2.24) is 10.2 Å². The van der Waals surface area contributed by atoms with Gasteiger partial charge in [-0.25, -0.2) is 4.39 Å². The molecule has 0 aromatic heterocycles. The van der Waals surface area contributed by atoms with Crippen molar-refractivity contribution in [2.75, 3.05) is 6.61 Å². The molecule has 2 atom stereocenters. The average molecular weight is 525 g/mol. The zero-order chi connectivity index (χ0) is 26.6. The minimum atomic E-state index is -0.791. The SMILES string of the molecule is CC[C@@H](C)NC(=O)[C@H](Cc1ccccc1)N(Cc1ccccc1F)C(=O)CCCOc1ccc(Cl)cc1. The Labute approximate surface area is 223 Å². The van der Waals surface area contributed by atoms with Crippen LogP contribution in [0.25, 0.3) is 0 Å². The third kappa shape index (κ3) is 8.90. The summed E-state index contributed by atoms with van der Waals surface area (Å²) in [6.45, 7) is 4.23. The highest BCUT2D eigenvalue weighted by atomic mass is 35.5. The van der Waals surface area contributed by atoms with E-state index in [9.17, 15) is 14.0 Å². The van der Waals surface area contributed by atoms with Gasteiger partial charge in [0.2, 0.25) is 11.8 Å². The summed E-state index contributed by atoms with van der Waals surface area (Å²) in [5.41, 5.74) is 1.28. The number of benzene rings is 3. The number of hydrogen-bond donors (Lipinski definition) is 1. The first-order chi connectivity index (χ1) is 17.9. The van der Waals surface area contributed by atoms with Gasteiger partial charge < -0.3 is 15.0 Å². The molecule has 2 amide bonds. The van der Waals surface area contributed by atoms with Gasteiger partial charge in [0.05, 0.1) is 6.61 Å². The van der Waals surface area contributed by atoms with E-state index < -0.39 is 11.9 Å². The largest absolute Gasteiger partial charge is 0.494 e. The smallest absolute Gasteiger partial charge is 0.243 e. The molecule has 3 aromatic carbocycles. The van der Waals surface area contributed by atoms with Crippen molar-refractivity contribution in [3.63, 3.8) is 0 Å². The number of halogens is 2. The van der Waals surface area contributed by atoms with Crippen LogP contribution in [0.1, 0.15) is 44.2 Å². The lowest BCUT2D eigenvalue weighted by Crippen LogP contribution is -2.52. The van der Waals surface area contributed by atoms with E-state index in [4.69, 9.17) is 16.3 Å². The summed E-state index contributed by atoms with van der Waals surface area (Å²) in [6, 6.07) is 22.1. The molecule has 37 heavy (non-hydrogen) atoms. The summed E-state index contributed by atoms with van der Waals surface area (Å²) in [6.07, 6.45) is 1.68. The third-order valence-corrected chi connectivity index (χ3v) is 6.44. The first-order valence-corrected chi connectivity index (χ1v) is 13.0. The maximum Gasteiger partial charge on any atom is 0.243 e. The van der Waals surface area contributed by atoms with E-state index in [1.807, 2.05) is 44.2 Å². The Balaban J connectivity index is 1.80. The van der Waals surface area contributed by atoms with Crippen molar-refractivity contribution in [1.29, 1.82) is 0 Å². The number of hydrogen-bond acceptors (Lipinski definition) is 3. The van der Waals surface area contributed by atoms with E-state index in [0.717, 1.165) is 12.0 Å². The molecule has 0 unspecified atom stereocenters. The van der Waals surface area contributed by atoms with E-state index in [1.54, 1.807) is 42.5 Å². The molecule has 0 fully saturated rings. The second kappa shape index (κ2) is 14.4. The van der Waals surface area contributed by atoms with E-state index in [2.05, 4.69) is 5.32 Å². The van der Waals surface area contributed by atoms with Crippen LogP contribution in [0.2, 0.25) is 5.02 Å². The molecule has 0 saturated heterocycles. The first-order valence-electron chi connectivity index (χ1n) is 12.6. The summed E-state index contributed by atoms with van der Waals surface area (Å²) < 4.78 is 20.4. The number of carbonyl (C=O) groups excluding carboxylic acids is 2. The van der Waals surface area contributed by atoms with Crippen LogP contribution in [0.5, 0.6) is 5.75 Å². The fourth-order valence-electron chi connectivity index (χ4n) is 3.89. The van der Waals surface area contributed by atoms with Gasteiger partial charge in [0.25, 0.3) is 0 Å². The fraction of sp³-hybridized carbons (Fsp3) is 0.333. The van der Waals surface area contributed by atoms with Crippen molar-refractivity contribution in [3.05, 3.63) is 101 Å². The van der Waals surface area contributed by atoms with Crippen LogP contribution < -0.4 is 10.1 Å². The Bertz CT molecular complexity index is 1140. The number of nitrogens with one attached hydrogen (secondary N) is 1. The number of carbonyl (C=O) groups is 2. The van der Waals surface area contributed by atoms with Crippen LogP contribution in [-0.4, -0.2) is 35.4 Å². The zero-order valence-corrected chi connectivity index (χ0v) is 22.1. The van der Waals surface area contributed by atoms with Crippen molar-refractivity contribution in [2.45, 2.75) is 58.2 Å². The Morgan fingerprint density at radius 3 is 2.35 bits per heavy atom. The molecule has 0 bridgehead atoms. The highest BCUT2D eigenvalue weighted by Gasteiger charge is 2.31. The van der Waals surface area contributed by atoms with E-state index in [0.29, 0.717) is 35.8 Å². The third-order valence-electron chi connectivity index (χ3n) is 6.19. The molecule has 0 saturated carbocycles. The highest BCUT2D eigenvalue weighted by molar-refractivity contribution is 6.30. The minimum absolute atomic E-state index is 0.00499. The first kappa shape index (κ1) is 28.2. The number of amides is 2. The van der Waals surface area contributed by atoms with Gasteiger partial charge in [-0.1, -0.05) is 67.1 Å². The molecule has 0 aliphatic heterocycles. The number of rotatable bonds is 13. The van der Waals surface area contributed by atoms with Gasteiger partial charge >= 0.3 is 0 Å². The molecule has 0 aliphatic rings. The molecule has 196 valence electrons. The van der Waals surface area contributed by atoms with Gasteiger partial charge in [0.1, 0.15) is 17.6 Å². The molecule has 0 heterocycles. The Kier molecular flexibility index (Phi) is 11.0. The van der Waals surface area contributed by atoms with Crippen molar-refractivity contribution in [3.8, 4) is 5.75 Å². The monoisotopic (exact) mass is 524 g/mol. The van der Waals surface area contributed by atoms with Crippen LogP contribution in [0.3, 0.4) is 0 Å². The summed E-state index contributed by atoms with van der Waals surface area (Å²) in [4.78, 5) is 28.5. The molecule has 0 aliphatic carbocycles. The predicted octanol–water partition coefficient (Wildman–Crippen LogP) is 6.19. The lowest BCUT2D eigenvalue weighted by atomic mass is 10.0. The van der Waals surface area contributed by atoms with Gasteiger partial charge in [-0.3, -0.25) is 9.59 Å². The molecule has 0 radical (unpaired) electrons. The van der Waals surface area contributed by atoms with Crippen molar-refractivity contribution in [2.24, 2.45) is 0 Å². The van der Waals surface area contributed by atoms with Gasteiger partial charge in [-0.15, -0.1) is 0 Å². The molecular weight excluding hydrogens is 491 g/mol. The number of ether oxygens (including phenoxy) is 1. The van der Waals surface area contributed by atoms with Crippen LogP contribution >= 0.6 is 11.6 Å². The van der Waals surface area contributed by atoms with E-state index in [1.165, 1.54) is 11.0 Å². The summed E-state index contributed by atoms with van der Waals surface area (Å²) in [7, 11) is 0. The fourth-order valence-corrected chi connectivity index (χ4v) is 4.02. The summed E-state index contributed by atoms with van der Waals surface area (Å²) in [5, 5.41) is 3.63. The summed E-state index contributed by atoms with van der Waals surface area (Å²) >= 11 is 5.92. The maximum atomic E-state index is 14.6. The molecule has 3 rings (SSSR count). The second-order valence-electron chi connectivity index (χ2n) is 9.04. The topological polar surface area (TPSA) is 58.6 Å². The van der Waals surface area contributed by atoms with Crippen molar-refractivity contribution >= 4 is 23.4 Å². The molecule has 7 heteroatoms. The summed E-state index contributed by atoms with van der Waals surface area (Å²) in [5.74, 6) is -0.231.